The second-order valence-electron chi connectivity index (χ2n) is 11.3. The monoisotopic (exact) mass is 622 g/mol. The zero-order valence-corrected chi connectivity index (χ0v) is 26.1. The Bertz CT molecular complexity index is 1560. The topological polar surface area (TPSA) is 150 Å². The fraction of sp³-hybridized carbons (Fsp3) is 0.448. The Kier molecular flexibility index (Phi) is 10.1. The second kappa shape index (κ2) is 14.0. The summed E-state index contributed by atoms with van der Waals surface area (Å²) in [5.41, 5.74) is 1.07. The molecule has 1 unspecified atom stereocenters. The SMILES string of the molecule is [B]C([B])([B])NC(=O)c1nnc(NC(=O)C2CC2)cc1Nc1cccc(-c2ncc(C(=O)NCC(C)N3CCCCC3)s2)c1OC. The van der Waals surface area contributed by atoms with E-state index in [0.29, 0.717) is 33.4 Å². The van der Waals surface area contributed by atoms with Crippen molar-refractivity contribution >= 4 is 69.8 Å². The number of hydrogen-bond donors (Lipinski definition) is 4. The lowest BCUT2D eigenvalue weighted by Gasteiger charge is -2.32. The summed E-state index contributed by atoms with van der Waals surface area (Å²) in [6, 6.07) is 7.04. The fourth-order valence-corrected chi connectivity index (χ4v) is 5.89. The second-order valence-corrected chi connectivity index (χ2v) is 12.4. The van der Waals surface area contributed by atoms with Crippen molar-refractivity contribution in [2.24, 2.45) is 5.92 Å². The van der Waals surface area contributed by atoms with Crippen LogP contribution in [0.4, 0.5) is 17.2 Å². The number of hydrogen-bond acceptors (Lipinski definition) is 10. The number of nitrogens with one attached hydrogen (secondary N) is 4. The first kappa shape index (κ1) is 32.5. The zero-order valence-electron chi connectivity index (χ0n) is 25.3. The number of anilines is 3. The maximum atomic E-state index is 13.0. The summed E-state index contributed by atoms with van der Waals surface area (Å²) in [6.07, 6.45) is 6.78. The number of ether oxygens (including phenoxy) is 1. The van der Waals surface area contributed by atoms with Gasteiger partial charge in [0.1, 0.15) is 9.88 Å². The molecule has 1 atom stereocenters. The molecule has 6 radical (unpaired) electrons. The van der Waals surface area contributed by atoms with E-state index in [2.05, 4.69) is 48.3 Å². The van der Waals surface area contributed by atoms with Crippen LogP contribution in [0.2, 0.25) is 0 Å². The van der Waals surface area contributed by atoms with Crippen LogP contribution in [0.25, 0.3) is 10.6 Å². The highest BCUT2D eigenvalue weighted by atomic mass is 32.1. The third-order valence-corrected chi connectivity index (χ3v) is 8.59. The van der Waals surface area contributed by atoms with E-state index in [4.69, 9.17) is 28.3 Å². The van der Waals surface area contributed by atoms with Crippen molar-refractivity contribution in [3.63, 3.8) is 0 Å². The fourth-order valence-electron chi connectivity index (χ4n) is 5.03. The number of amides is 3. The number of piperidine rings is 1. The van der Waals surface area contributed by atoms with E-state index in [9.17, 15) is 14.4 Å². The Morgan fingerprint density at radius 3 is 2.53 bits per heavy atom. The molecule has 2 aromatic heterocycles. The third kappa shape index (κ3) is 8.43. The highest BCUT2D eigenvalue weighted by Gasteiger charge is 2.30. The van der Waals surface area contributed by atoms with Crippen molar-refractivity contribution in [3.8, 4) is 16.3 Å². The zero-order chi connectivity index (χ0) is 32.1. The molecule has 0 bridgehead atoms. The van der Waals surface area contributed by atoms with Gasteiger partial charge in [0.25, 0.3) is 11.8 Å². The van der Waals surface area contributed by atoms with Gasteiger partial charge in [-0.1, -0.05) is 17.7 Å². The molecular weight excluding hydrogens is 589 g/mol. The van der Waals surface area contributed by atoms with Crippen LogP contribution in [0.1, 0.15) is 59.2 Å². The summed E-state index contributed by atoms with van der Waals surface area (Å²) in [6.45, 7) is 4.78. The number of para-hydroxylation sites is 1. The van der Waals surface area contributed by atoms with Gasteiger partial charge in [-0.25, -0.2) is 4.98 Å². The maximum absolute atomic E-state index is 13.0. The highest BCUT2D eigenvalue weighted by Crippen LogP contribution is 2.40. The van der Waals surface area contributed by atoms with Gasteiger partial charge in [0.15, 0.2) is 17.3 Å². The molecule has 1 saturated carbocycles. The van der Waals surface area contributed by atoms with E-state index < -0.39 is 11.1 Å². The number of carbonyl (C=O) groups excluding carboxylic acids is 3. The minimum absolute atomic E-state index is 0.0707. The van der Waals surface area contributed by atoms with E-state index in [1.54, 1.807) is 18.3 Å². The van der Waals surface area contributed by atoms with Crippen LogP contribution >= 0.6 is 11.3 Å². The molecule has 12 nitrogen and oxygen atoms in total. The van der Waals surface area contributed by atoms with Gasteiger partial charge in [-0.15, -0.1) is 21.5 Å². The number of rotatable bonds is 12. The number of nitrogens with zero attached hydrogens (tertiary/aromatic N) is 4. The van der Waals surface area contributed by atoms with Crippen LogP contribution in [-0.4, -0.2) is 99.4 Å². The van der Waals surface area contributed by atoms with Gasteiger partial charge < -0.3 is 26.0 Å². The van der Waals surface area contributed by atoms with E-state index in [-0.39, 0.29) is 41.0 Å². The van der Waals surface area contributed by atoms with Gasteiger partial charge in [0.2, 0.25) is 5.91 Å². The minimum Gasteiger partial charge on any atom is -0.494 e. The summed E-state index contributed by atoms with van der Waals surface area (Å²) in [5, 5.41) is 17.7. The molecule has 1 aromatic carbocycles. The van der Waals surface area contributed by atoms with Gasteiger partial charge in [0.05, 0.1) is 53.8 Å². The van der Waals surface area contributed by atoms with Crippen LogP contribution in [-0.2, 0) is 4.79 Å². The number of likely N-dealkylation sites (tertiary alicyclic amines) is 1. The summed E-state index contributed by atoms with van der Waals surface area (Å²) in [4.78, 5) is 45.7. The molecule has 3 aromatic rings. The molecule has 3 heterocycles. The summed E-state index contributed by atoms with van der Waals surface area (Å²) in [5.74, 6) is -0.690. The number of methoxy groups -OCH3 is 1. The molecule has 5 rings (SSSR count). The average molecular weight is 622 g/mol. The number of thiazole rings is 1. The van der Waals surface area contributed by atoms with Crippen LogP contribution in [0.5, 0.6) is 5.75 Å². The lowest BCUT2D eigenvalue weighted by Crippen LogP contribution is -2.50. The number of benzene rings is 1. The normalized spacial score (nSPS) is 16.0. The van der Waals surface area contributed by atoms with E-state index in [1.165, 1.54) is 43.8 Å². The van der Waals surface area contributed by atoms with Crippen molar-refractivity contribution in [3.05, 3.63) is 41.0 Å². The van der Waals surface area contributed by atoms with Crippen LogP contribution in [0.3, 0.4) is 0 Å². The van der Waals surface area contributed by atoms with Crippen molar-refractivity contribution in [1.29, 1.82) is 0 Å². The molecule has 1 saturated heterocycles. The van der Waals surface area contributed by atoms with Crippen molar-refractivity contribution < 1.29 is 19.1 Å². The Balaban J connectivity index is 1.37. The van der Waals surface area contributed by atoms with Gasteiger partial charge in [-0.3, -0.25) is 19.3 Å². The number of aromatic nitrogens is 3. The smallest absolute Gasteiger partial charge is 0.272 e. The Morgan fingerprint density at radius 2 is 1.84 bits per heavy atom. The van der Waals surface area contributed by atoms with Crippen LogP contribution in [0.15, 0.2) is 30.5 Å². The summed E-state index contributed by atoms with van der Waals surface area (Å²) in [7, 11) is 18.2. The molecule has 2 fully saturated rings. The third-order valence-electron chi connectivity index (χ3n) is 7.56. The maximum Gasteiger partial charge on any atom is 0.272 e. The Hall–Kier alpha value is -3.91. The Morgan fingerprint density at radius 1 is 1.09 bits per heavy atom. The van der Waals surface area contributed by atoms with Gasteiger partial charge in [-0.2, -0.15) is 0 Å². The molecule has 0 spiro atoms. The van der Waals surface area contributed by atoms with Crippen molar-refractivity contribution in [1.82, 2.24) is 30.7 Å². The minimum atomic E-state index is -2.01. The summed E-state index contributed by atoms with van der Waals surface area (Å²) >= 11 is 1.24. The quantitative estimate of drug-likeness (QED) is 0.223. The van der Waals surface area contributed by atoms with Gasteiger partial charge in [-0.05, 0) is 57.8 Å². The van der Waals surface area contributed by atoms with E-state index in [1.807, 2.05) is 6.07 Å². The largest absolute Gasteiger partial charge is 0.494 e. The first-order valence-electron chi connectivity index (χ1n) is 14.8. The van der Waals surface area contributed by atoms with E-state index >= 15 is 0 Å². The predicted octanol–water partition coefficient (Wildman–Crippen LogP) is 2.15. The average Bonchev–Trinajstić information content (AvgIpc) is 3.75. The molecule has 1 aliphatic carbocycles. The van der Waals surface area contributed by atoms with Crippen LogP contribution < -0.4 is 26.0 Å². The van der Waals surface area contributed by atoms with Crippen molar-refractivity contribution in [2.45, 2.75) is 50.3 Å². The van der Waals surface area contributed by atoms with E-state index in [0.717, 1.165) is 25.9 Å². The molecule has 3 amide bonds. The Labute approximate surface area is 270 Å². The van der Waals surface area contributed by atoms with Crippen LogP contribution in [0, 0.1) is 5.92 Å². The lowest BCUT2D eigenvalue weighted by atomic mass is 9.49. The first-order chi connectivity index (χ1) is 21.5. The number of carbonyl (C=O) groups is 3. The molecule has 1 aliphatic heterocycles. The predicted molar refractivity (Wildman–Crippen MR) is 175 cm³/mol. The molecular formula is C29H33B3N8O4S. The molecule has 45 heavy (non-hydrogen) atoms. The standard InChI is InChI=1S/C29H33B3N8O4S/c1-16(40-11-4-3-5-12-40)14-33-26(42)21-15-34-28(45-21)18-7-6-8-19(24(18)44-2)35-20-13-22(36-25(41)17-9-10-17)38-39-23(20)27(43)37-29(30,31)32/h6-8,13,15-17H,3-5,9-12,14H2,1-2H3,(H,33,42)(H,37,43)(H2,35,36,38,41). The molecule has 4 N–H and O–H groups in total. The lowest BCUT2D eigenvalue weighted by molar-refractivity contribution is -0.117. The highest BCUT2D eigenvalue weighted by molar-refractivity contribution is 7.17. The van der Waals surface area contributed by atoms with Gasteiger partial charge >= 0.3 is 0 Å². The molecule has 228 valence electrons. The van der Waals surface area contributed by atoms with Crippen molar-refractivity contribution in [2.75, 3.05) is 37.4 Å². The molecule has 16 heteroatoms. The summed E-state index contributed by atoms with van der Waals surface area (Å²) < 4.78 is 5.77. The molecule has 2 aliphatic rings. The van der Waals surface area contributed by atoms with Gasteiger partial charge in [0, 0.05) is 24.6 Å². The first-order valence-corrected chi connectivity index (χ1v) is 15.6.